The Balaban J connectivity index is 1.79. The summed E-state index contributed by atoms with van der Waals surface area (Å²) in [5, 5.41) is 3.78. The molecule has 0 radical (unpaired) electrons. The molecule has 3 rings (SSSR count). The first-order chi connectivity index (χ1) is 12.6. The van der Waals surface area contributed by atoms with Crippen LogP contribution in [0.2, 0.25) is 5.02 Å². The van der Waals surface area contributed by atoms with Gasteiger partial charge in [-0.2, -0.15) is 0 Å². The van der Waals surface area contributed by atoms with Gasteiger partial charge in [0.25, 0.3) is 0 Å². The fourth-order valence-corrected chi connectivity index (χ4v) is 2.86. The molecule has 0 fully saturated rings. The molecule has 2 aromatic carbocycles. The van der Waals surface area contributed by atoms with Crippen molar-refractivity contribution in [2.24, 2.45) is 0 Å². The number of rotatable bonds is 5. The predicted molar refractivity (Wildman–Crippen MR) is 104 cm³/mol. The summed E-state index contributed by atoms with van der Waals surface area (Å²) in [4.78, 5) is 18.5. The van der Waals surface area contributed by atoms with Crippen molar-refractivity contribution in [2.75, 3.05) is 7.05 Å². The number of nitrogens with one attached hydrogen (secondary N) is 1. The van der Waals surface area contributed by atoms with Gasteiger partial charge in [0.15, 0.2) is 0 Å². The Kier molecular flexibility index (Phi) is 5.87. The maximum absolute atomic E-state index is 12.7. The number of amides is 2. The zero-order valence-corrected chi connectivity index (χ0v) is 15.2. The third-order valence-electron chi connectivity index (χ3n) is 4.09. The van der Waals surface area contributed by atoms with Gasteiger partial charge in [-0.3, -0.25) is 4.98 Å². The average molecular weight is 366 g/mol. The van der Waals surface area contributed by atoms with Crippen molar-refractivity contribution in [2.45, 2.75) is 12.6 Å². The van der Waals surface area contributed by atoms with Gasteiger partial charge >= 0.3 is 6.03 Å². The summed E-state index contributed by atoms with van der Waals surface area (Å²) in [7, 11) is 1.77. The molecule has 1 unspecified atom stereocenters. The highest BCUT2D eigenvalue weighted by atomic mass is 35.5. The number of hydrogen-bond acceptors (Lipinski definition) is 2. The van der Waals surface area contributed by atoms with E-state index in [4.69, 9.17) is 11.6 Å². The van der Waals surface area contributed by atoms with E-state index in [1.165, 1.54) is 0 Å². The third-order valence-corrected chi connectivity index (χ3v) is 4.35. The summed E-state index contributed by atoms with van der Waals surface area (Å²) >= 11 is 6.01. The first-order valence-electron chi connectivity index (χ1n) is 8.34. The minimum absolute atomic E-state index is 0.155. The van der Waals surface area contributed by atoms with Gasteiger partial charge in [0.2, 0.25) is 0 Å². The van der Waals surface area contributed by atoms with E-state index >= 15 is 0 Å². The molecule has 26 heavy (non-hydrogen) atoms. The van der Waals surface area contributed by atoms with Crippen LogP contribution in [0, 0.1) is 0 Å². The second kappa shape index (κ2) is 8.50. The first kappa shape index (κ1) is 18.0. The van der Waals surface area contributed by atoms with Crippen LogP contribution >= 0.6 is 11.6 Å². The van der Waals surface area contributed by atoms with E-state index < -0.39 is 0 Å². The highest BCUT2D eigenvalue weighted by Gasteiger charge is 2.19. The summed E-state index contributed by atoms with van der Waals surface area (Å²) < 4.78 is 0. The molecule has 4 nitrogen and oxygen atoms in total. The molecule has 0 aliphatic heterocycles. The zero-order chi connectivity index (χ0) is 18.4. The largest absolute Gasteiger partial charge is 0.327 e. The fourth-order valence-electron chi connectivity index (χ4n) is 2.73. The minimum Gasteiger partial charge on any atom is -0.327 e. The molecule has 1 aromatic heterocycles. The Hall–Kier alpha value is -2.85. The number of carbonyl (C=O) groups is 1. The second-order valence-corrected chi connectivity index (χ2v) is 6.50. The van der Waals surface area contributed by atoms with Gasteiger partial charge in [-0.1, -0.05) is 60.1 Å². The SMILES string of the molecule is CN(Cc1cccnc1)C(=O)NC(c1ccccc1)c1ccc(Cl)cc1. The van der Waals surface area contributed by atoms with Gasteiger partial charge in [0.1, 0.15) is 0 Å². The molecule has 0 bridgehead atoms. The fraction of sp³-hybridized carbons (Fsp3) is 0.143. The number of urea groups is 1. The maximum Gasteiger partial charge on any atom is 0.318 e. The number of aromatic nitrogens is 1. The summed E-state index contributed by atoms with van der Waals surface area (Å²) in [6.45, 7) is 0.488. The molecule has 2 amide bonds. The van der Waals surface area contributed by atoms with Crippen molar-refractivity contribution in [3.63, 3.8) is 0 Å². The predicted octanol–water partition coefficient (Wildman–Crippen LogP) is 4.67. The topological polar surface area (TPSA) is 45.2 Å². The van der Waals surface area contributed by atoms with Crippen LogP contribution in [0.15, 0.2) is 79.1 Å². The lowest BCUT2D eigenvalue weighted by Crippen LogP contribution is -2.39. The summed E-state index contributed by atoms with van der Waals surface area (Å²) in [6.07, 6.45) is 3.48. The van der Waals surface area contributed by atoms with Crippen LogP contribution in [-0.4, -0.2) is 23.0 Å². The standard InChI is InChI=1S/C21H20ClN3O/c1-25(15-16-6-5-13-23-14-16)21(26)24-20(17-7-3-2-4-8-17)18-9-11-19(22)12-10-18/h2-14,20H,15H2,1H3,(H,24,26). The highest BCUT2D eigenvalue weighted by Crippen LogP contribution is 2.24. The summed E-state index contributed by atoms with van der Waals surface area (Å²) in [5.41, 5.74) is 2.97. The van der Waals surface area contributed by atoms with Crippen LogP contribution in [0.1, 0.15) is 22.7 Å². The van der Waals surface area contributed by atoms with Crippen molar-refractivity contribution < 1.29 is 4.79 Å². The van der Waals surface area contributed by atoms with E-state index in [0.717, 1.165) is 16.7 Å². The first-order valence-corrected chi connectivity index (χ1v) is 8.72. The highest BCUT2D eigenvalue weighted by molar-refractivity contribution is 6.30. The van der Waals surface area contributed by atoms with Crippen molar-refractivity contribution in [3.05, 3.63) is 101 Å². The van der Waals surface area contributed by atoms with Crippen LogP contribution in [0.3, 0.4) is 0 Å². The number of pyridine rings is 1. The lowest BCUT2D eigenvalue weighted by atomic mass is 9.99. The van der Waals surface area contributed by atoms with Crippen molar-refractivity contribution in [1.82, 2.24) is 15.2 Å². The molecule has 1 heterocycles. The molecule has 132 valence electrons. The van der Waals surface area contributed by atoms with E-state index in [-0.39, 0.29) is 12.1 Å². The minimum atomic E-state index is -0.252. The molecular weight excluding hydrogens is 346 g/mol. The van der Waals surface area contributed by atoms with E-state index in [0.29, 0.717) is 11.6 Å². The van der Waals surface area contributed by atoms with E-state index in [9.17, 15) is 4.79 Å². The van der Waals surface area contributed by atoms with Crippen LogP contribution in [0.5, 0.6) is 0 Å². The molecule has 0 spiro atoms. The Morgan fingerprint density at radius 3 is 2.38 bits per heavy atom. The number of nitrogens with zero attached hydrogens (tertiary/aromatic N) is 2. The van der Waals surface area contributed by atoms with Gasteiger partial charge in [-0.25, -0.2) is 4.79 Å². The third kappa shape index (κ3) is 4.61. The van der Waals surface area contributed by atoms with E-state index in [1.807, 2.05) is 66.7 Å². The average Bonchev–Trinajstić information content (AvgIpc) is 2.68. The monoisotopic (exact) mass is 365 g/mol. The number of hydrogen-bond donors (Lipinski definition) is 1. The molecule has 0 saturated heterocycles. The second-order valence-electron chi connectivity index (χ2n) is 6.06. The van der Waals surface area contributed by atoms with Crippen molar-refractivity contribution in [1.29, 1.82) is 0 Å². The van der Waals surface area contributed by atoms with E-state index in [2.05, 4.69) is 10.3 Å². The smallest absolute Gasteiger partial charge is 0.318 e. The van der Waals surface area contributed by atoms with Gasteiger partial charge < -0.3 is 10.2 Å². The lowest BCUT2D eigenvalue weighted by Gasteiger charge is -2.24. The van der Waals surface area contributed by atoms with Gasteiger partial charge in [-0.05, 0) is 34.9 Å². The molecule has 0 aliphatic carbocycles. The lowest BCUT2D eigenvalue weighted by molar-refractivity contribution is 0.204. The van der Waals surface area contributed by atoms with Crippen LogP contribution in [-0.2, 0) is 6.54 Å². The normalized spacial score (nSPS) is 11.6. The Labute approximate surface area is 158 Å². The molecule has 0 saturated carbocycles. The Morgan fingerprint density at radius 2 is 1.73 bits per heavy atom. The molecule has 5 heteroatoms. The van der Waals surface area contributed by atoms with Gasteiger partial charge in [0.05, 0.1) is 6.04 Å². The van der Waals surface area contributed by atoms with Gasteiger partial charge in [0, 0.05) is 31.0 Å². The van der Waals surface area contributed by atoms with Crippen LogP contribution in [0.4, 0.5) is 4.79 Å². The van der Waals surface area contributed by atoms with Crippen molar-refractivity contribution >= 4 is 17.6 Å². The molecule has 3 aromatic rings. The molecule has 1 atom stereocenters. The number of carbonyl (C=O) groups excluding carboxylic acids is 1. The Morgan fingerprint density at radius 1 is 1.04 bits per heavy atom. The molecular formula is C21H20ClN3O. The molecule has 1 N–H and O–H groups in total. The number of benzene rings is 2. The summed E-state index contributed by atoms with van der Waals surface area (Å²) in [6, 6.07) is 20.8. The van der Waals surface area contributed by atoms with Gasteiger partial charge in [-0.15, -0.1) is 0 Å². The Bertz CT molecular complexity index is 838. The zero-order valence-electron chi connectivity index (χ0n) is 14.5. The van der Waals surface area contributed by atoms with E-state index in [1.54, 1.807) is 24.3 Å². The number of halogens is 1. The maximum atomic E-state index is 12.7. The summed E-state index contributed by atoms with van der Waals surface area (Å²) in [5.74, 6) is 0. The van der Waals surface area contributed by atoms with Crippen molar-refractivity contribution in [3.8, 4) is 0 Å². The molecule has 0 aliphatic rings. The quantitative estimate of drug-likeness (QED) is 0.714. The van der Waals surface area contributed by atoms with Crippen LogP contribution < -0.4 is 5.32 Å². The van der Waals surface area contributed by atoms with Crippen LogP contribution in [0.25, 0.3) is 0 Å².